The zero-order chi connectivity index (χ0) is 13.8. The van der Waals surface area contributed by atoms with E-state index in [4.69, 9.17) is 4.74 Å². The molecule has 0 spiro atoms. The predicted molar refractivity (Wildman–Crippen MR) is 72.2 cm³/mol. The lowest BCUT2D eigenvalue weighted by Crippen LogP contribution is -2.67. The first kappa shape index (κ1) is 15.9. The number of carbonyl (C=O) groups excluding carboxylic acids is 1. The lowest BCUT2D eigenvalue weighted by Gasteiger charge is -2.54. The second-order valence-electron chi connectivity index (χ2n) is 6.55. The van der Waals surface area contributed by atoms with Crippen molar-refractivity contribution in [1.29, 1.82) is 0 Å². The lowest BCUT2D eigenvalue weighted by molar-refractivity contribution is -0.139. The van der Waals surface area contributed by atoms with Crippen LogP contribution in [0.5, 0.6) is 0 Å². The minimum atomic E-state index is -2.77. The fraction of sp³-hybridized carbons (Fsp3) is 0.923. The molecule has 1 saturated carbocycles. The average molecular weight is 311 g/mol. The highest BCUT2D eigenvalue weighted by molar-refractivity contribution is 5.85. The van der Waals surface area contributed by atoms with Crippen molar-refractivity contribution in [3.05, 3.63) is 0 Å². The van der Waals surface area contributed by atoms with Gasteiger partial charge in [0.05, 0.1) is 18.7 Å². The standard InChI is InChI=1S/C13H20F2N2O2.ClH/c1-12(2)9(7-3-4-19-10(7)12)17-11(18)8-5-13(14,15)6-16-8;/h7-10,16H,3-6H2,1-2H3,(H,17,18);1H. The molecule has 3 rings (SSSR count). The van der Waals surface area contributed by atoms with E-state index in [9.17, 15) is 13.6 Å². The molecule has 7 heteroatoms. The van der Waals surface area contributed by atoms with Gasteiger partial charge in [-0.2, -0.15) is 0 Å². The van der Waals surface area contributed by atoms with Crippen molar-refractivity contribution in [3.8, 4) is 0 Å². The van der Waals surface area contributed by atoms with Crippen LogP contribution in [-0.4, -0.2) is 43.2 Å². The van der Waals surface area contributed by atoms with Gasteiger partial charge in [0.15, 0.2) is 0 Å². The van der Waals surface area contributed by atoms with Gasteiger partial charge in [0.1, 0.15) is 0 Å². The van der Waals surface area contributed by atoms with Crippen LogP contribution in [0.1, 0.15) is 26.7 Å². The van der Waals surface area contributed by atoms with Crippen LogP contribution in [0.2, 0.25) is 0 Å². The van der Waals surface area contributed by atoms with E-state index in [-0.39, 0.29) is 35.9 Å². The Balaban J connectivity index is 0.00000147. The van der Waals surface area contributed by atoms with Crippen molar-refractivity contribution in [2.75, 3.05) is 13.2 Å². The van der Waals surface area contributed by atoms with E-state index in [0.29, 0.717) is 5.92 Å². The maximum atomic E-state index is 13.1. The smallest absolute Gasteiger partial charge is 0.262 e. The molecule has 2 aliphatic heterocycles. The summed E-state index contributed by atoms with van der Waals surface area (Å²) in [4.78, 5) is 12.1. The number of rotatable bonds is 2. The number of alkyl halides is 2. The normalized spacial score (nSPS) is 40.4. The first-order valence-corrected chi connectivity index (χ1v) is 6.84. The Morgan fingerprint density at radius 3 is 2.70 bits per heavy atom. The molecule has 116 valence electrons. The lowest BCUT2D eigenvalue weighted by atomic mass is 9.57. The molecule has 0 aromatic rings. The van der Waals surface area contributed by atoms with Crippen LogP contribution in [0.4, 0.5) is 8.78 Å². The van der Waals surface area contributed by atoms with Gasteiger partial charge in [-0.15, -0.1) is 12.4 Å². The molecule has 3 fully saturated rings. The molecular formula is C13H21ClF2N2O2. The molecule has 2 heterocycles. The third kappa shape index (κ3) is 2.42. The third-order valence-electron chi connectivity index (χ3n) is 4.82. The van der Waals surface area contributed by atoms with E-state index in [1.165, 1.54) is 0 Å². The molecule has 2 N–H and O–H groups in total. The van der Waals surface area contributed by atoms with Crippen LogP contribution in [0, 0.1) is 11.3 Å². The van der Waals surface area contributed by atoms with Gasteiger partial charge in [-0.3, -0.25) is 10.1 Å². The van der Waals surface area contributed by atoms with Gasteiger partial charge in [-0.05, 0) is 6.42 Å². The van der Waals surface area contributed by atoms with E-state index >= 15 is 0 Å². The summed E-state index contributed by atoms with van der Waals surface area (Å²) < 4.78 is 31.8. The summed E-state index contributed by atoms with van der Waals surface area (Å²) in [5.41, 5.74) is -0.113. The zero-order valence-corrected chi connectivity index (χ0v) is 12.4. The van der Waals surface area contributed by atoms with Gasteiger partial charge in [0.2, 0.25) is 5.91 Å². The third-order valence-corrected chi connectivity index (χ3v) is 4.82. The van der Waals surface area contributed by atoms with Crippen molar-refractivity contribution in [1.82, 2.24) is 10.6 Å². The number of hydrogen-bond acceptors (Lipinski definition) is 3. The number of hydrogen-bond donors (Lipinski definition) is 2. The number of ether oxygens (including phenoxy) is 1. The molecule has 0 aromatic carbocycles. The van der Waals surface area contributed by atoms with Crippen molar-refractivity contribution in [2.45, 2.75) is 50.8 Å². The molecule has 0 radical (unpaired) electrons. The van der Waals surface area contributed by atoms with Gasteiger partial charge in [0.25, 0.3) is 5.92 Å². The van der Waals surface area contributed by atoms with Crippen molar-refractivity contribution < 1.29 is 18.3 Å². The Morgan fingerprint density at radius 2 is 2.10 bits per heavy atom. The Kier molecular flexibility index (Phi) is 4.04. The fourth-order valence-corrected chi connectivity index (χ4v) is 3.77. The highest BCUT2D eigenvalue weighted by Crippen LogP contribution is 2.52. The summed E-state index contributed by atoms with van der Waals surface area (Å²) in [7, 11) is 0. The summed E-state index contributed by atoms with van der Waals surface area (Å²) >= 11 is 0. The van der Waals surface area contributed by atoms with E-state index < -0.39 is 24.9 Å². The SMILES string of the molecule is CC1(C)C(NC(=O)C2CC(F)(F)CN2)C2CCOC21.Cl. The van der Waals surface area contributed by atoms with Crippen LogP contribution in [0.25, 0.3) is 0 Å². The molecule has 1 aliphatic carbocycles. The molecule has 4 unspecified atom stereocenters. The minimum Gasteiger partial charge on any atom is -0.377 e. The van der Waals surface area contributed by atoms with Crippen LogP contribution >= 0.6 is 12.4 Å². The van der Waals surface area contributed by atoms with E-state index in [1.807, 2.05) is 0 Å². The second kappa shape index (κ2) is 5.07. The molecule has 3 aliphatic rings. The summed E-state index contributed by atoms with van der Waals surface area (Å²) in [5.74, 6) is -2.74. The first-order valence-electron chi connectivity index (χ1n) is 6.84. The average Bonchev–Trinajstić information content (AvgIpc) is 2.90. The van der Waals surface area contributed by atoms with E-state index in [2.05, 4.69) is 24.5 Å². The molecule has 20 heavy (non-hydrogen) atoms. The van der Waals surface area contributed by atoms with E-state index in [1.54, 1.807) is 0 Å². The molecule has 1 amide bonds. The van der Waals surface area contributed by atoms with Crippen molar-refractivity contribution in [2.24, 2.45) is 11.3 Å². The van der Waals surface area contributed by atoms with Crippen LogP contribution in [0.15, 0.2) is 0 Å². The Bertz CT molecular complexity index is 406. The van der Waals surface area contributed by atoms with Gasteiger partial charge >= 0.3 is 0 Å². The Morgan fingerprint density at radius 1 is 1.40 bits per heavy atom. The zero-order valence-electron chi connectivity index (χ0n) is 11.6. The fourth-order valence-electron chi connectivity index (χ4n) is 3.77. The molecule has 0 aromatic heterocycles. The van der Waals surface area contributed by atoms with Crippen LogP contribution < -0.4 is 10.6 Å². The summed E-state index contributed by atoms with van der Waals surface area (Å²) in [6.45, 7) is 4.43. The maximum absolute atomic E-state index is 13.1. The maximum Gasteiger partial charge on any atom is 0.262 e. The summed E-state index contributed by atoms with van der Waals surface area (Å²) in [6, 6.07) is -0.740. The monoisotopic (exact) mass is 310 g/mol. The Labute approximate surface area is 123 Å². The molecule has 0 bridgehead atoms. The summed E-state index contributed by atoms with van der Waals surface area (Å²) in [6.07, 6.45) is 0.722. The largest absolute Gasteiger partial charge is 0.377 e. The summed E-state index contributed by atoms with van der Waals surface area (Å²) in [5, 5.41) is 5.54. The quantitative estimate of drug-likeness (QED) is 0.809. The van der Waals surface area contributed by atoms with Gasteiger partial charge in [0, 0.05) is 30.4 Å². The predicted octanol–water partition coefficient (Wildman–Crippen LogP) is 1.34. The molecular weight excluding hydrogens is 290 g/mol. The highest BCUT2D eigenvalue weighted by Gasteiger charge is 2.60. The highest BCUT2D eigenvalue weighted by atomic mass is 35.5. The van der Waals surface area contributed by atoms with Gasteiger partial charge in [-0.1, -0.05) is 13.8 Å². The number of fused-ring (bicyclic) bond motifs is 1. The number of nitrogens with one attached hydrogen (secondary N) is 2. The van der Waals surface area contributed by atoms with Gasteiger partial charge < -0.3 is 10.1 Å². The molecule has 4 nitrogen and oxygen atoms in total. The van der Waals surface area contributed by atoms with Crippen molar-refractivity contribution >= 4 is 18.3 Å². The first-order chi connectivity index (χ1) is 8.81. The van der Waals surface area contributed by atoms with Crippen LogP contribution in [0.3, 0.4) is 0 Å². The topological polar surface area (TPSA) is 50.4 Å². The van der Waals surface area contributed by atoms with Gasteiger partial charge in [-0.25, -0.2) is 8.78 Å². The van der Waals surface area contributed by atoms with Crippen molar-refractivity contribution in [3.63, 3.8) is 0 Å². The number of halogens is 3. The number of carbonyl (C=O) groups is 1. The van der Waals surface area contributed by atoms with E-state index in [0.717, 1.165) is 13.0 Å². The number of amides is 1. The van der Waals surface area contributed by atoms with Crippen LogP contribution in [-0.2, 0) is 9.53 Å². The Hall–Kier alpha value is -0.460. The second-order valence-corrected chi connectivity index (χ2v) is 6.55. The molecule has 4 atom stereocenters. The molecule has 2 saturated heterocycles. The minimum absolute atomic E-state index is 0.